The smallest absolute Gasteiger partial charge is 0.394 e. The molecular formula is C21H26N6O2. The van der Waals surface area contributed by atoms with Crippen LogP contribution < -0.4 is 14.7 Å². The molecule has 2 aromatic carbocycles. The van der Waals surface area contributed by atoms with Gasteiger partial charge in [-0.05, 0) is 48.7 Å². The first-order valence-corrected chi connectivity index (χ1v) is 9.26. The SMILES string of the molecule is CC(=O)[O-].CCN(Cc1ccccc1)c1ccc(N=Nc2nc[n+](C)n2C)cc1. The number of carbonyl (C=O) groups is 1. The van der Waals surface area contributed by atoms with E-state index in [2.05, 4.69) is 63.4 Å². The van der Waals surface area contributed by atoms with Gasteiger partial charge >= 0.3 is 12.3 Å². The number of rotatable bonds is 6. The Morgan fingerprint density at radius 1 is 1.14 bits per heavy atom. The van der Waals surface area contributed by atoms with Crippen molar-refractivity contribution in [1.29, 1.82) is 0 Å². The van der Waals surface area contributed by atoms with Crippen molar-refractivity contribution in [2.24, 2.45) is 24.3 Å². The van der Waals surface area contributed by atoms with Crippen LogP contribution in [0.5, 0.6) is 0 Å². The second kappa shape index (κ2) is 10.7. The lowest BCUT2D eigenvalue weighted by molar-refractivity contribution is -0.751. The molecule has 0 radical (unpaired) electrons. The van der Waals surface area contributed by atoms with Crippen molar-refractivity contribution in [2.75, 3.05) is 11.4 Å². The first-order chi connectivity index (χ1) is 13.9. The number of anilines is 1. The molecule has 0 fully saturated rings. The van der Waals surface area contributed by atoms with Crippen molar-refractivity contribution in [3.05, 3.63) is 66.5 Å². The van der Waals surface area contributed by atoms with E-state index in [4.69, 9.17) is 9.90 Å². The first-order valence-electron chi connectivity index (χ1n) is 9.26. The molecule has 0 saturated carbocycles. The second-order valence-corrected chi connectivity index (χ2v) is 6.35. The van der Waals surface area contributed by atoms with E-state index >= 15 is 0 Å². The van der Waals surface area contributed by atoms with Crippen molar-refractivity contribution in [3.63, 3.8) is 0 Å². The minimum absolute atomic E-state index is 0.575. The van der Waals surface area contributed by atoms with Crippen LogP contribution >= 0.6 is 0 Å². The summed E-state index contributed by atoms with van der Waals surface area (Å²) in [4.78, 5) is 15.4. The van der Waals surface area contributed by atoms with Crippen LogP contribution in [0, 0.1) is 0 Å². The summed E-state index contributed by atoms with van der Waals surface area (Å²) < 4.78 is 3.68. The Kier molecular flexibility index (Phi) is 8.02. The van der Waals surface area contributed by atoms with Gasteiger partial charge in [0.15, 0.2) is 0 Å². The van der Waals surface area contributed by atoms with Crippen LogP contribution in [0.15, 0.2) is 71.2 Å². The summed E-state index contributed by atoms with van der Waals surface area (Å²) in [5.41, 5.74) is 3.29. The van der Waals surface area contributed by atoms with Gasteiger partial charge in [0.05, 0.1) is 12.7 Å². The van der Waals surface area contributed by atoms with Gasteiger partial charge in [-0.2, -0.15) is 9.36 Å². The van der Waals surface area contributed by atoms with Crippen molar-refractivity contribution in [2.45, 2.75) is 20.4 Å². The third-order valence-electron chi connectivity index (χ3n) is 4.17. The molecule has 0 aliphatic heterocycles. The van der Waals surface area contributed by atoms with E-state index in [0.717, 1.165) is 25.7 Å². The average Bonchev–Trinajstić information content (AvgIpc) is 3.03. The van der Waals surface area contributed by atoms with Gasteiger partial charge in [0.25, 0.3) is 0 Å². The third kappa shape index (κ3) is 6.84. The highest BCUT2D eigenvalue weighted by Crippen LogP contribution is 2.22. The highest BCUT2D eigenvalue weighted by atomic mass is 16.4. The van der Waals surface area contributed by atoms with Crippen LogP contribution in [0.2, 0.25) is 0 Å². The topological polar surface area (TPSA) is 89.8 Å². The lowest BCUT2D eigenvalue weighted by atomic mass is 10.2. The molecular weight excluding hydrogens is 368 g/mol. The fourth-order valence-electron chi connectivity index (χ4n) is 2.55. The zero-order valence-corrected chi connectivity index (χ0v) is 17.2. The molecule has 0 bridgehead atoms. The van der Waals surface area contributed by atoms with Gasteiger partial charge in [0, 0.05) is 24.7 Å². The second-order valence-electron chi connectivity index (χ2n) is 6.35. The van der Waals surface area contributed by atoms with Gasteiger partial charge in [-0.1, -0.05) is 35.4 Å². The molecule has 0 aliphatic rings. The molecule has 152 valence electrons. The normalized spacial score (nSPS) is 10.5. The van der Waals surface area contributed by atoms with Crippen LogP contribution in [0.25, 0.3) is 0 Å². The minimum Gasteiger partial charge on any atom is -0.550 e. The molecule has 29 heavy (non-hydrogen) atoms. The van der Waals surface area contributed by atoms with Gasteiger partial charge in [-0.3, -0.25) is 0 Å². The fraction of sp³-hybridized carbons (Fsp3) is 0.286. The van der Waals surface area contributed by atoms with E-state index in [1.54, 1.807) is 6.33 Å². The number of aromatic nitrogens is 3. The maximum absolute atomic E-state index is 8.89. The largest absolute Gasteiger partial charge is 0.550 e. The summed E-state index contributed by atoms with van der Waals surface area (Å²) in [6, 6.07) is 18.6. The predicted molar refractivity (Wildman–Crippen MR) is 109 cm³/mol. The number of carboxylic acid groups (broad SMARTS) is 1. The molecule has 0 unspecified atom stereocenters. The minimum atomic E-state index is -1.08. The van der Waals surface area contributed by atoms with Gasteiger partial charge in [0.1, 0.15) is 7.05 Å². The van der Waals surface area contributed by atoms with E-state index in [1.165, 1.54) is 11.3 Å². The standard InChI is InChI=1S/C19H23N6.C2H4O2/c1-4-25(14-16-8-6-5-7-9-16)18-12-10-17(11-13-18)21-22-19-20-15-23(2)24(19)3;1-2(3)4/h5-13,15H,4,14H2,1-3H3;1H3,(H,3,4)/q+1;/p-1. The average molecular weight is 394 g/mol. The van der Waals surface area contributed by atoms with E-state index in [0.29, 0.717) is 5.95 Å². The van der Waals surface area contributed by atoms with Crippen molar-refractivity contribution < 1.29 is 14.6 Å². The summed E-state index contributed by atoms with van der Waals surface area (Å²) in [7, 11) is 3.81. The Balaban J connectivity index is 0.000000687. The number of benzene rings is 2. The Bertz CT molecular complexity index is 932. The molecule has 0 amide bonds. The maximum atomic E-state index is 8.89. The number of carbonyl (C=O) groups excluding carboxylic acids is 1. The Morgan fingerprint density at radius 2 is 1.76 bits per heavy atom. The molecule has 0 spiro atoms. The van der Waals surface area contributed by atoms with Crippen LogP contribution in [0.4, 0.5) is 17.3 Å². The molecule has 0 atom stereocenters. The number of aliphatic carboxylic acids is 1. The molecule has 8 heteroatoms. The number of aryl methyl sites for hydroxylation is 1. The number of hydrogen-bond donors (Lipinski definition) is 0. The molecule has 3 aromatic rings. The number of carboxylic acids is 1. The Morgan fingerprint density at radius 3 is 2.28 bits per heavy atom. The van der Waals surface area contributed by atoms with Gasteiger partial charge in [-0.15, -0.1) is 5.11 Å². The summed E-state index contributed by atoms with van der Waals surface area (Å²) in [6.45, 7) is 4.97. The zero-order chi connectivity index (χ0) is 21.2. The molecule has 1 heterocycles. The van der Waals surface area contributed by atoms with Crippen LogP contribution in [0.1, 0.15) is 19.4 Å². The summed E-state index contributed by atoms with van der Waals surface area (Å²) in [5, 5.41) is 17.4. The van der Waals surface area contributed by atoms with E-state index in [1.807, 2.05) is 41.7 Å². The lowest BCUT2D eigenvalue weighted by Crippen LogP contribution is -2.35. The fourth-order valence-corrected chi connectivity index (χ4v) is 2.55. The maximum Gasteiger partial charge on any atom is 0.394 e. The van der Waals surface area contributed by atoms with Crippen LogP contribution in [-0.4, -0.2) is 22.2 Å². The van der Waals surface area contributed by atoms with Crippen molar-refractivity contribution in [1.82, 2.24) is 9.67 Å². The van der Waals surface area contributed by atoms with E-state index < -0.39 is 5.97 Å². The Labute approximate surface area is 170 Å². The van der Waals surface area contributed by atoms with Gasteiger partial charge in [-0.25, -0.2) is 0 Å². The molecule has 3 rings (SSSR count). The highest BCUT2D eigenvalue weighted by molar-refractivity contribution is 5.60. The molecule has 0 saturated heterocycles. The number of azo groups is 1. The lowest BCUT2D eigenvalue weighted by Gasteiger charge is -2.23. The number of hydrogen-bond acceptors (Lipinski definition) is 6. The highest BCUT2D eigenvalue weighted by Gasteiger charge is 2.10. The van der Waals surface area contributed by atoms with E-state index in [9.17, 15) is 0 Å². The number of nitrogens with zero attached hydrogens (tertiary/aromatic N) is 6. The Hall–Kier alpha value is -3.55. The molecule has 0 N–H and O–H groups in total. The molecule has 0 aliphatic carbocycles. The van der Waals surface area contributed by atoms with Crippen LogP contribution in [-0.2, 0) is 25.4 Å². The van der Waals surface area contributed by atoms with Crippen LogP contribution in [0.3, 0.4) is 0 Å². The summed E-state index contributed by atoms with van der Waals surface area (Å²) in [6.07, 6.45) is 1.71. The molecule has 1 aromatic heterocycles. The van der Waals surface area contributed by atoms with Crippen molar-refractivity contribution in [3.8, 4) is 0 Å². The first kappa shape index (κ1) is 21.7. The summed E-state index contributed by atoms with van der Waals surface area (Å²) in [5.74, 6) is -0.508. The zero-order valence-electron chi connectivity index (χ0n) is 17.2. The monoisotopic (exact) mass is 394 g/mol. The third-order valence-corrected chi connectivity index (χ3v) is 4.17. The van der Waals surface area contributed by atoms with Gasteiger partial charge < -0.3 is 14.8 Å². The van der Waals surface area contributed by atoms with Crippen molar-refractivity contribution >= 4 is 23.3 Å². The predicted octanol–water partition coefficient (Wildman–Crippen LogP) is 2.44. The van der Waals surface area contributed by atoms with Gasteiger partial charge in [0.2, 0.25) is 0 Å². The molecule has 8 nitrogen and oxygen atoms in total. The van der Waals surface area contributed by atoms with E-state index in [-0.39, 0.29) is 0 Å². The summed E-state index contributed by atoms with van der Waals surface area (Å²) >= 11 is 0. The quantitative estimate of drug-likeness (QED) is 0.474.